The number of nitrogens with zero attached hydrogens (tertiary/aromatic N) is 8. The summed E-state index contributed by atoms with van der Waals surface area (Å²) in [7, 11) is 8.07. The zero-order chi connectivity index (χ0) is 37.1. The van der Waals surface area contributed by atoms with Crippen molar-refractivity contribution in [2.24, 2.45) is 20.5 Å². The van der Waals surface area contributed by atoms with E-state index in [4.69, 9.17) is 27.9 Å². The normalized spacial score (nSPS) is 11.7. The molecule has 4 rings (SSSR count). The molecular formula is C35H40Cl2N9O5+. The summed E-state index contributed by atoms with van der Waals surface area (Å²) in [6.45, 7) is 6.27. The van der Waals surface area contributed by atoms with Crippen molar-refractivity contribution in [2.75, 3.05) is 65.9 Å². The van der Waals surface area contributed by atoms with E-state index in [0.29, 0.717) is 28.5 Å². The van der Waals surface area contributed by atoms with Crippen LogP contribution in [0.2, 0.25) is 10.0 Å². The molecule has 0 aliphatic rings. The molecule has 0 atom stereocenters. The molecule has 14 nitrogen and oxygen atoms in total. The monoisotopic (exact) mass is 736 g/mol. The average Bonchev–Trinajstić information content (AvgIpc) is 3.10. The molecule has 0 bridgehead atoms. The fourth-order valence-corrected chi connectivity index (χ4v) is 5.38. The highest BCUT2D eigenvalue weighted by molar-refractivity contribution is 6.33. The minimum Gasteiger partial charge on any atom is -0.495 e. The first-order chi connectivity index (χ1) is 24.3. The van der Waals surface area contributed by atoms with Crippen molar-refractivity contribution < 1.29 is 19.1 Å². The first kappa shape index (κ1) is 38.8. The first-order valence-electron chi connectivity index (χ1n) is 16.0. The highest BCUT2D eigenvalue weighted by Gasteiger charge is 2.19. The summed E-state index contributed by atoms with van der Waals surface area (Å²) in [6, 6.07) is 19.7. The number of nitro groups is 2. The Morgan fingerprint density at radius 1 is 0.784 bits per heavy atom. The Morgan fingerprint density at radius 2 is 1.35 bits per heavy atom. The number of methoxy groups -OCH3 is 1. The number of anilines is 1. The van der Waals surface area contributed by atoms with Crippen LogP contribution in [0.5, 0.6) is 5.75 Å². The number of quaternary nitrogens is 1. The van der Waals surface area contributed by atoms with E-state index < -0.39 is 9.85 Å². The van der Waals surface area contributed by atoms with Crippen molar-refractivity contribution in [1.29, 1.82) is 0 Å². The molecule has 51 heavy (non-hydrogen) atoms. The fraction of sp³-hybridized carbons (Fsp3) is 0.314. The lowest BCUT2D eigenvalue weighted by Crippen LogP contribution is -2.48. The Labute approximate surface area is 306 Å². The van der Waals surface area contributed by atoms with Crippen molar-refractivity contribution in [3.8, 4) is 5.75 Å². The van der Waals surface area contributed by atoms with Gasteiger partial charge in [-0.2, -0.15) is 10.2 Å². The van der Waals surface area contributed by atoms with E-state index in [0.717, 1.165) is 60.4 Å². The highest BCUT2D eigenvalue weighted by atomic mass is 35.5. The molecule has 4 aromatic carbocycles. The average molecular weight is 738 g/mol. The number of nitrogens with one attached hydrogen (secondary N) is 1. The van der Waals surface area contributed by atoms with Gasteiger partial charge < -0.3 is 19.4 Å². The molecule has 1 N–H and O–H groups in total. The van der Waals surface area contributed by atoms with Crippen LogP contribution in [-0.2, 0) is 6.42 Å². The molecule has 268 valence electrons. The number of rotatable bonds is 17. The van der Waals surface area contributed by atoms with Crippen LogP contribution in [0.3, 0.4) is 0 Å². The Hall–Kier alpha value is -5.02. The van der Waals surface area contributed by atoms with Crippen LogP contribution in [0.1, 0.15) is 11.1 Å². The molecule has 0 aromatic heterocycles. The fourth-order valence-electron chi connectivity index (χ4n) is 4.95. The summed E-state index contributed by atoms with van der Waals surface area (Å²) in [6.07, 6.45) is 0.859. The molecule has 0 radical (unpaired) electrons. The molecule has 16 heteroatoms. The van der Waals surface area contributed by atoms with E-state index in [1.807, 2.05) is 50.4 Å². The number of ether oxygens (including phenoxy) is 1. The minimum atomic E-state index is -0.512. The van der Waals surface area contributed by atoms with Gasteiger partial charge >= 0.3 is 0 Å². The molecule has 0 saturated heterocycles. The van der Waals surface area contributed by atoms with Crippen molar-refractivity contribution in [3.05, 3.63) is 114 Å². The lowest BCUT2D eigenvalue weighted by atomic mass is 10.1. The lowest BCUT2D eigenvalue weighted by Gasteiger charge is -2.33. The maximum absolute atomic E-state index is 11.0. The van der Waals surface area contributed by atoms with Gasteiger partial charge in [-0.05, 0) is 61.3 Å². The van der Waals surface area contributed by atoms with Crippen LogP contribution < -0.4 is 15.0 Å². The number of hydrogen-bond acceptors (Lipinski definition) is 11. The number of non-ortho nitro benzene ring substituents is 2. The second kappa shape index (κ2) is 17.8. The van der Waals surface area contributed by atoms with E-state index in [2.05, 4.69) is 44.8 Å². The zero-order valence-electron chi connectivity index (χ0n) is 29.0. The Kier molecular flexibility index (Phi) is 13.5. The van der Waals surface area contributed by atoms with Crippen molar-refractivity contribution in [1.82, 2.24) is 5.32 Å². The highest BCUT2D eigenvalue weighted by Crippen LogP contribution is 2.37. The molecule has 0 unspecified atom stereocenters. The maximum Gasteiger partial charge on any atom is 0.271 e. The first-order valence-corrected chi connectivity index (χ1v) is 16.7. The number of nitro benzene ring substituents is 2. The van der Waals surface area contributed by atoms with Gasteiger partial charge in [-0.3, -0.25) is 20.2 Å². The SMILES string of the molecule is COc1cc(N=Nc2ccc([N+](=O)[O-])cc2Cl)c(C)cc1N(C)CC[N+](C)(C)CCNCCc1ccc(N=Nc2ccc([N+](=O)[O-])cc2Cl)cc1. The second-order valence-corrected chi connectivity index (χ2v) is 13.3. The van der Waals surface area contributed by atoms with E-state index in [1.54, 1.807) is 7.11 Å². The lowest BCUT2D eigenvalue weighted by molar-refractivity contribution is -0.887. The molecule has 0 saturated carbocycles. The number of hydrogen-bond donors (Lipinski definition) is 1. The topological polar surface area (TPSA) is 160 Å². The summed E-state index contributed by atoms with van der Waals surface area (Å²) in [4.78, 5) is 23.0. The second-order valence-electron chi connectivity index (χ2n) is 12.5. The third kappa shape index (κ3) is 11.2. The largest absolute Gasteiger partial charge is 0.495 e. The number of likely N-dealkylation sites (N-methyl/N-ethyl adjacent to an activating group) is 2. The third-order valence-corrected chi connectivity index (χ3v) is 8.80. The van der Waals surface area contributed by atoms with Gasteiger partial charge in [0.15, 0.2) is 0 Å². The molecule has 0 aliphatic heterocycles. The minimum absolute atomic E-state index is 0.0973. The van der Waals surface area contributed by atoms with Crippen molar-refractivity contribution >= 4 is 63.0 Å². The third-order valence-electron chi connectivity index (χ3n) is 8.19. The standard InChI is InChI=1S/C35H40Cl2N9O5/c1-24-20-34(35(51-5)23-33(24)42-41-32-13-11-28(45(49)50)22-30(32)37)43(2)17-19-46(3,4)18-16-38-15-14-25-6-8-26(9-7-25)39-40-31-12-10-27(44(47)48)21-29(31)36/h6-13,20-23,38H,14-19H2,1-5H3/q+1. The van der Waals surface area contributed by atoms with Gasteiger partial charge in [0.25, 0.3) is 11.4 Å². The van der Waals surface area contributed by atoms with Gasteiger partial charge in [0.1, 0.15) is 17.1 Å². The van der Waals surface area contributed by atoms with Crippen LogP contribution in [0.25, 0.3) is 0 Å². The van der Waals surface area contributed by atoms with Crippen LogP contribution in [0.4, 0.5) is 39.8 Å². The van der Waals surface area contributed by atoms with Gasteiger partial charge in [-0.25, -0.2) is 0 Å². The summed E-state index contributed by atoms with van der Waals surface area (Å²) in [5.41, 5.74) is 4.74. The van der Waals surface area contributed by atoms with E-state index in [1.165, 1.54) is 36.4 Å². The summed E-state index contributed by atoms with van der Waals surface area (Å²) in [5.74, 6) is 0.656. The number of azo groups is 2. The Morgan fingerprint density at radius 3 is 1.90 bits per heavy atom. The molecule has 0 amide bonds. The van der Waals surface area contributed by atoms with Crippen LogP contribution in [0.15, 0.2) is 93.3 Å². The Balaban J connectivity index is 1.22. The van der Waals surface area contributed by atoms with Crippen molar-refractivity contribution in [2.45, 2.75) is 13.3 Å². The molecule has 0 spiro atoms. The smallest absolute Gasteiger partial charge is 0.271 e. The predicted octanol–water partition coefficient (Wildman–Crippen LogP) is 9.30. The van der Waals surface area contributed by atoms with Crippen LogP contribution in [-0.4, -0.2) is 75.3 Å². The molecule has 0 aliphatic carbocycles. The summed E-state index contributed by atoms with van der Waals surface area (Å²) < 4.78 is 6.52. The van der Waals surface area contributed by atoms with Gasteiger partial charge in [-0.1, -0.05) is 35.3 Å². The van der Waals surface area contributed by atoms with Crippen molar-refractivity contribution in [3.63, 3.8) is 0 Å². The van der Waals surface area contributed by atoms with Gasteiger partial charge in [0.2, 0.25) is 0 Å². The molecule has 0 heterocycles. The van der Waals surface area contributed by atoms with E-state index >= 15 is 0 Å². The summed E-state index contributed by atoms with van der Waals surface area (Å²) >= 11 is 12.3. The number of benzene rings is 4. The van der Waals surface area contributed by atoms with Gasteiger partial charge in [0.05, 0.1) is 77.8 Å². The maximum atomic E-state index is 11.0. The summed E-state index contributed by atoms with van der Waals surface area (Å²) in [5, 5.41) is 42.6. The van der Waals surface area contributed by atoms with Gasteiger partial charge in [0, 0.05) is 43.9 Å². The Bertz CT molecular complexity index is 1920. The van der Waals surface area contributed by atoms with E-state index in [-0.39, 0.29) is 21.4 Å². The van der Waals surface area contributed by atoms with Crippen LogP contribution >= 0.6 is 23.2 Å². The number of halogens is 2. The predicted molar refractivity (Wildman–Crippen MR) is 200 cm³/mol. The quantitative estimate of drug-likeness (QED) is 0.0371. The molecular weight excluding hydrogens is 697 g/mol. The molecule has 4 aromatic rings. The van der Waals surface area contributed by atoms with Crippen LogP contribution in [0, 0.1) is 27.2 Å². The zero-order valence-corrected chi connectivity index (χ0v) is 30.6. The van der Waals surface area contributed by atoms with Gasteiger partial charge in [-0.15, -0.1) is 10.2 Å². The number of aryl methyl sites for hydroxylation is 1. The van der Waals surface area contributed by atoms with E-state index in [9.17, 15) is 20.2 Å². The molecule has 0 fully saturated rings.